The van der Waals surface area contributed by atoms with Crippen LogP contribution in [0, 0.1) is 0 Å². The Kier molecular flexibility index (Phi) is 4.43. The Labute approximate surface area is 139 Å². The normalized spacial score (nSPS) is 17.6. The molecule has 0 aliphatic carbocycles. The fraction of sp³-hybridized carbons (Fsp3) is 0.333. The van der Waals surface area contributed by atoms with E-state index in [4.69, 9.17) is 4.74 Å². The zero-order chi connectivity index (χ0) is 18.0. The SMILES string of the molecule is O=C(c1ccc(=O)[nH]n1)N1CC[C@@H](Oc2cc(C(F)(F)F)ccn2)C1. The molecule has 0 bridgehead atoms. The summed E-state index contributed by atoms with van der Waals surface area (Å²) in [6, 6.07) is 4.19. The minimum atomic E-state index is -4.48. The molecule has 1 aliphatic heterocycles. The smallest absolute Gasteiger partial charge is 0.416 e. The Morgan fingerprint density at radius 2 is 2.12 bits per heavy atom. The molecule has 3 rings (SSSR count). The molecule has 2 aromatic heterocycles. The highest BCUT2D eigenvalue weighted by Gasteiger charge is 2.32. The molecule has 0 unspecified atom stereocenters. The molecule has 1 atom stereocenters. The standard InChI is InChI=1S/C15H13F3N4O3/c16-15(17,18)9-3-5-19-13(7-9)25-10-4-6-22(8-10)14(24)11-1-2-12(23)21-20-11/h1-3,5,7,10H,4,6,8H2,(H,21,23)/t10-/m1/s1. The Bertz CT molecular complexity index is 817. The number of nitrogens with one attached hydrogen (secondary N) is 1. The average Bonchev–Trinajstić information content (AvgIpc) is 3.03. The molecule has 1 aliphatic rings. The summed E-state index contributed by atoms with van der Waals surface area (Å²) in [4.78, 5) is 28.5. The van der Waals surface area contributed by atoms with E-state index in [2.05, 4.69) is 15.2 Å². The molecule has 1 fully saturated rings. The molecule has 0 aromatic carbocycles. The maximum absolute atomic E-state index is 12.7. The van der Waals surface area contributed by atoms with Gasteiger partial charge in [0.25, 0.3) is 11.5 Å². The quantitative estimate of drug-likeness (QED) is 0.902. The van der Waals surface area contributed by atoms with Crippen LogP contribution in [0.15, 0.2) is 35.3 Å². The van der Waals surface area contributed by atoms with E-state index in [0.717, 1.165) is 18.3 Å². The number of hydrogen-bond donors (Lipinski definition) is 1. The minimum absolute atomic E-state index is 0.0810. The fourth-order valence-corrected chi connectivity index (χ4v) is 2.46. The second-order valence-corrected chi connectivity index (χ2v) is 5.47. The number of nitrogens with zero attached hydrogens (tertiary/aromatic N) is 3. The Morgan fingerprint density at radius 3 is 2.80 bits per heavy atom. The van der Waals surface area contributed by atoms with E-state index < -0.39 is 23.4 Å². The van der Waals surface area contributed by atoms with Gasteiger partial charge in [0.15, 0.2) is 0 Å². The lowest BCUT2D eigenvalue weighted by atomic mass is 10.2. The maximum atomic E-state index is 12.7. The lowest BCUT2D eigenvalue weighted by Gasteiger charge is -2.16. The molecule has 7 nitrogen and oxygen atoms in total. The number of pyridine rings is 1. The van der Waals surface area contributed by atoms with Crippen LogP contribution in [-0.2, 0) is 6.18 Å². The fourth-order valence-electron chi connectivity index (χ4n) is 2.46. The van der Waals surface area contributed by atoms with Crippen LogP contribution in [0.1, 0.15) is 22.5 Å². The van der Waals surface area contributed by atoms with E-state index in [1.54, 1.807) is 0 Å². The monoisotopic (exact) mass is 354 g/mol. The predicted octanol–water partition coefficient (Wildman–Crippen LogP) is 1.48. The van der Waals surface area contributed by atoms with Crippen molar-refractivity contribution in [3.63, 3.8) is 0 Å². The van der Waals surface area contributed by atoms with Crippen LogP contribution in [0.4, 0.5) is 13.2 Å². The van der Waals surface area contributed by atoms with E-state index in [-0.39, 0.29) is 24.0 Å². The molecular formula is C15H13F3N4O3. The molecule has 0 saturated carbocycles. The van der Waals surface area contributed by atoms with Crippen LogP contribution in [0.3, 0.4) is 0 Å². The number of rotatable bonds is 3. The summed E-state index contributed by atoms with van der Waals surface area (Å²) < 4.78 is 43.6. The lowest BCUT2D eigenvalue weighted by Crippen LogP contribution is -2.32. The van der Waals surface area contributed by atoms with Gasteiger partial charge in [0.05, 0.1) is 12.1 Å². The van der Waals surface area contributed by atoms with Gasteiger partial charge in [-0.05, 0) is 12.1 Å². The summed E-state index contributed by atoms with van der Waals surface area (Å²) in [5, 5.41) is 5.84. The van der Waals surface area contributed by atoms with Gasteiger partial charge in [-0.25, -0.2) is 10.1 Å². The van der Waals surface area contributed by atoms with Gasteiger partial charge in [-0.15, -0.1) is 0 Å². The van der Waals surface area contributed by atoms with Gasteiger partial charge in [-0.3, -0.25) is 9.59 Å². The highest BCUT2D eigenvalue weighted by molar-refractivity contribution is 5.92. The van der Waals surface area contributed by atoms with Crippen molar-refractivity contribution in [2.45, 2.75) is 18.7 Å². The molecule has 10 heteroatoms. The number of aromatic amines is 1. The van der Waals surface area contributed by atoms with Gasteiger partial charge < -0.3 is 9.64 Å². The third-order valence-corrected chi connectivity index (χ3v) is 3.68. The van der Waals surface area contributed by atoms with Crippen molar-refractivity contribution in [2.24, 2.45) is 0 Å². The van der Waals surface area contributed by atoms with Crippen molar-refractivity contribution in [2.75, 3.05) is 13.1 Å². The van der Waals surface area contributed by atoms with E-state index in [0.29, 0.717) is 13.0 Å². The highest BCUT2D eigenvalue weighted by atomic mass is 19.4. The number of carbonyl (C=O) groups excluding carboxylic acids is 1. The number of amides is 1. The number of halogens is 3. The summed E-state index contributed by atoms with van der Waals surface area (Å²) >= 11 is 0. The molecule has 2 aromatic rings. The predicted molar refractivity (Wildman–Crippen MR) is 79.0 cm³/mol. The summed E-state index contributed by atoms with van der Waals surface area (Å²) in [5.74, 6) is -0.532. The van der Waals surface area contributed by atoms with Crippen molar-refractivity contribution in [3.05, 3.63) is 52.1 Å². The number of H-pyrrole nitrogens is 1. The van der Waals surface area contributed by atoms with Crippen LogP contribution in [0.5, 0.6) is 5.88 Å². The second-order valence-electron chi connectivity index (χ2n) is 5.47. The maximum Gasteiger partial charge on any atom is 0.416 e. The van der Waals surface area contributed by atoms with Gasteiger partial charge in [0.1, 0.15) is 11.8 Å². The van der Waals surface area contributed by atoms with Crippen molar-refractivity contribution in [1.29, 1.82) is 0 Å². The van der Waals surface area contributed by atoms with Crippen LogP contribution < -0.4 is 10.3 Å². The molecule has 0 radical (unpaired) electrons. The average molecular weight is 354 g/mol. The third-order valence-electron chi connectivity index (χ3n) is 3.68. The lowest BCUT2D eigenvalue weighted by molar-refractivity contribution is -0.137. The summed E-state index contributed by atoms with van der Waals surface area (Å²) in [5.41, 5.74) is -1.19. The molecular weight excluding hydrogens is 341 g/mol. The molecule has 1 amide bonds. The van der Waals surface area contributed by atoms with Gasteiger partial charge in [0.2, 0.25) is 5.88 Å². The van der Waals surface area contributed by atoms with E-state index in [9.17, 15) is 22.8 Å². The van der Waals surface area contributed by atoms with Crippen molar-refractivity contribution in [3.8, 4) is 5.88 Å². The first kappa shape index (κ1) is 16.9. The van der Waals surface area contributed by atoms with Crippen LogP contribution in [0.25, 0.3) is 0 Å². The molecule has 1 saturated heterocycles. The summed E-state index contributed by atoms with van der Waals surface area (Å²) in [6.07, 6.45) is -3.47. The topological polar surface area (TPSA) is 88.2 Å². The second kappa shape index (κ2) is 6.54. The number of likely N-dealkylation sites (tertiary alicyclic amines) is 1. The largest absolute Gasteiger partial charge is 0.472 e. The number of hydrogen-bond acceptors (Lipinski definition) is 5. The molecule has 132 valence electrons. The first-order chi connectivity index (χ1) is 11.8. The van der Waals surface area contributed by atoms with Crippen LogP contribution >= 0.6 is 0 Å². The third kappa shape index (κ3) is 3.95. The highest BCUT2D eigenvalue weighted by Crippen LogP contribution is 2.31. The number of carbonyl (C=O) groups is 1. The van der Waals surface area contributed by atoms with E-state index in [1.165, 1.54) is 17.0 Å². The molecule has 3 heterocycles. The molecule has 0 spiro atoms. The van der Waals surface area contributed by atoms with Gasteiger partial charge in [-0.1, -0.05) is 0 Å². The van der Waals surface area contributed by atoms with Crippen LogP contribution in [0.2, 0.25) is 0 Å². The van der Waals surface area contributed by atoms with E-state index in [1.807, 2.05) is 0 Å². The zero-order valence-electron chi connectivity index (χ0n) is 12.8. The van der Waals surface area contributed by atoms with E-state index >= 15 is 0 Å². The van der Waals surface area contributed by atoms with Crippen molar-refractivity contribution in [1.82, 2.24) is 20.1 Å². The number of alkyl halides is 3. The summed E-state index contributed by atoms with van der Waals surface area (Å²) in [6.45, 7) is 0.556. The number of aromatic nitrogens is 3. The number of ether oxygens (including phenoxy) is 1. The van der Waals surface area contributed by atoms with Crippen molar-refractivity contribution < 1.29 is 22.7 Å². The van der Waals surface area contributed by atoms with Crippen molar-refractivity contribution >= 4 is 5.91 Å². The van der Waals surface area contributed by atoms with Gasteiger partial charge in [-0.2, -0.15) is 18.3 Å². The first-order valence-electron chi connectivity index (χ1n) is 7.38. The Hall–Kier alpha value is -2.91. The molecule has 1 N–H and O–H groups in total. The Balaban J connectivity index is 1.64. The first-order valence-corrected chi connectivity index (χ1v) is 7.38. The zero-order valence-corrected chi connectivity index (χ0v) is 12.8. The van der Waals surface area contributed by atoms with Gasteiger partial charge in [0, 0.05) is 31.3 Å². The van der Waals surface area contributed by atoms with Gasteiger partial charge >= 0.3 is 6.18 Å². The minimum Gasteiger partial charge on any atom is -0.472 e. The van der Waals surface area contributed by atoms with Crippen LogP contribution in [-0.4, -0.2) is 45.2 Å². The summed E-state index contributed by atoms with van der Waals surface area (Å²) in [7, 11) is 0. The molecule has 25 heavy (non-hydrogen) atoms. The Morgan fingerprint density at radius 1 is 1.32 bits per heavy atom.